The molecule has 0 aliphatic heterocycles. The minimum atomic E-state index is 0.726. The topological polar surface area (TPSA) is 31.4 Å². The Morgan fingerprint density at radius 3 is 2.43 bits per heavy atom. The number of hydrogen-bond acceptors (Lipinski definition) is 4. The highest BCUT2D eigenvalue weighted by atomic mass is 32.1. The van der Waals surface area contributed by atoms with Crippen LogP contribution in [0.4, 0.5) is 0 Å². The molecular weight excluding hydrogens is 306 g/mol. The molecule has 0 saturated heterocycles. The van der Waals surface area contributed by atoms with Crippen molar-refractivity contribution in [3.8, 4) is 22.8 Å². The lowest BCUT2D eigenvalue weighted by Gasteiger charge is -2.08. The molecule has 0 saturated carbocycles. The van der Waals surface area contributed by atoms with E-state index in [4.69, 9.17) is 14.5 Å². The van der Waals surface area contributed by atoms with Gasteiger partial charge in [0.15, 0.2) is 11.5 Å². The van der Waals surface area contributed by atoms with Gasteiger partial charge in [-0.1, -0.05) is 30.3 Å². The van der Waals surface area contributed by atoms with Gasteiger partial charge >= 0.3 is 0 Å². The Kier molecular flexibility index (Phi) is 4.93. The number of nitrogens with zero attached hydrogens (tertiary/aromatic N) is 1. The van der Waals surface area contributed by atoms with Gasteiger partial charge in [0.05, 0.1) is 24.9 Å². The van der Waals surface area contributed by atoms with Crippen LogP contribution in [0.2, 0.25) is 0 Å². The summed E-state index contributed by atoms with van der Waals surface area (Å²) in [6.45, 7) is 0. The minimum absolute atomic E-state index is 0.726. The standard InChI is InChI=1S/C19H19NO2S/c1-21-17-10-9-15(12-18(17)22-2)16-13-23-19(20-16)11-8-14-6-4-3-5-7-14/h3-7,9-10,12-13H,8,11H2,1-2H3. The minimum Gasteiger partial charge on any atom is -0.493 e. The second kappa shape index (κ2) is 7.29. The molecule has 0 aliphatic rings. The van der Waals surface area contributed by atoms with Gasteiger partial charge in [0.25, 0.3) is 0 Å². The van der Waals surface area contributed by atoms with Crippen molar-refractivity contribution >= 4 is 11.3 Å². The zero-order chi connectivity index (χ0) is 16.1. The van der Waals surface area contributed by atoms with Gasteiger partial charge in [-0.05, 0) is 30.2 Å². The Labute approximate surface area is 140 Å². The Bertz CT molecular complexity index is 768. The first-order chi connectivity index (χ1) is 11.3. The van der Waals surface area contributed by atoms with Crippen molar-refractivity contribution in [2.45, 2.75) is 12.8 Å². The van der Waals surface area contributed by atoms with E-state index in [1.807, 2.05) is 24.3 Å². The summed E-state index contributed by atoms with van der Waals surface area (Å²) in [5.41, 5.74) is 3.37. The summed E-state index contributed by atoms with van der Waals surface area (Å²) in [5.74, 6) is 1.46. The van der Waals surface area contributed by atoms with Gasteiger partial charge in [0.1, 0.15) is 0 Å². The van der Waals surface area contributed by atoms with Crippen molar-refractivity contribution in [1.29, 1.82) is 0 Å². The molecule has 0 aliphatic carbocycles. The second-order valence-corrected chi connectivity index (χ2v) is 6.12. The van der Waals surface area contributed by atoms with E-state index >= 15 is 0 Å². The number of ether oxygens (including phenoxy) is 2. The molecule has 3 nitrogen and oxygen atoms in total. The molecule has 4 heteroatoms. The summed E-state index contributed by atoms with van der Waals surface area (Å²) in [7, 11) is 3.29. The van der Waals surface area contributed by atoms with E-state index in [0.29, 0.717) is 0 Å². The SMILES string of the molecule is COc1ccc(-c2csc(CCc3ccccc3)n2)cc1OC. The van der Waals surface area contributed by atoms with Crippen molar-refractivity contribution in [3.63, 3.8) is 0 Å². The molecule has 0 atom stereocenters. The molecular formula is C19H19NO2S. The van der Waals surface area contributed by atoms with Crippen molar-refractivity contribution in [1.82, 2.24) is 4.98 Å². The van der Waals surface area contributed by atoms with Gasteiger partial charge in [-0.2, -0.15) is 0 Å². The van der Waals surface area contributed by atoms with Crippen LogP contribution >= 0.6 is 11.3 Å². The zero-order valence-electron chi connectivity index (χ0n) is 13.3. The summed E-state index contributed by atoms with van der Waals surface area (Å²) in [6.07, 6.45) is 1.97. The molecule has 0 spiro atoms. The molecule has 3 aromatic rings. The van der Waals surface area contributed by atoms with E-state index in [1.54, 1.807) is 25.6 Å². The highest BCUT2D eigenvalue weighted by Crippen LogP contribution is 2.32. The summed E-state index contributed by atoms with van der Waals surface area (Å²) in [5, 5.41) is 3.25. The van der Waals surface area contributed by atoms with Crippen molar-refractivity contribution in [3.05, 3.63) is 64.5 Å². The molecule has 1 heterocycles. The molecule has 0 radical (unpaired) electrons. The number of aryl methyl sites for hydroxylation is 2. The lowest BCUT2D eigenvalue weighted by Crippen LogP contribution is -1.92. The first-order valence-corrected chi connectivity index (χ1v) is 8.39. The van der Waals surface area contributed by atoms with Crippen molar-refractivity contribution in [2.75, 3.05) is 14.2 Å². The quantitative estimate of drug-likeness (QED) is 0.663. The Morgan fingerprint density at radius 1 is 0.913 bits per heavy atom. The normalized spacial score (nSPS) is 10.5. The molecule has 23 heavy (non-hydrogen) atoms. The molecule has 1 aromatic heterocycles. The maximum absolute atomic E-state index is 5.36. The maximum atomic E-state index is 5.36. The fourth-order valence-electron chi connectivity index (χ4n) is 2.45. The van der Waals surface area contributed by atoms with E-state index in [1.165, 1.54) is 5.56 Å². The monoisotopic (exact) mass is 325 g/mol. The molecule has 3 rings (SSSR count). The molecule has 2 aromatic carbocycles. The fraction of sp³-hybridized carbons (Fsp3) is 0.211. The largest absolute Gasteiger partial charge is 0.493 e. The average Bonchev–Trinajstić information content (AvgIpc) is 3.09. The third-order valence-electron chi connectivity index (χ3n) is 3.70. The van der Waals surface area contributed by atoms with Gasteiger partial charge < -0.3 is 9.47 Å². The van der Waals surface area contributed by atoms with Crippen LogP contribution in [0.5, 0.6) is 11.5 Å². The molecule has 0 amide bonds. The number of benzene rings is 2. The average molecular weight is 325 g/mol. The Balaban J connectivity index is 1.74. The van der Waals surface area contributed by atoms with Crippen LogP contribution < -0.4 is 9.47 Å². The summed E-state index contributed by atoms with van der Waals surface area (Å²) >= 11 is 1.70. The third-order valence-corrected chi connectivity index (χ3v) is 4.61. The second-order valence-electron chi connectivity index (χ2n) is 5.18. The highest BCUT2D eigenvalue weighted by Gasteiger charge is 2.09. The molecule has 118 valence electrons. The molecule has 0 unspecified atom stereocenters. The van der Waals surface area contributed by atoms with Gasteiger partial charge in [0.2, 0.25) is 0 Å². The van der Waals surface area contributed by atoms with E-state index in [9.17, 15) is 0 Å². The van der Waals surface area contributed by atoms with E-state index in [0.717, 1.165) is 40.6 Å². The van der Waals surface area contributed by atoms with E-state index in [2.05, 4.69) is 29.6 Å². The van der Waals surface area contributed by atoms with Crippen LogP contribution in [0.1, 0.15) is 10.6 Å². The van der Waals surface area contributed by atoms with E-state index in [-0.39, 0.29) is 0 Å². The van der Waals surface area contributed by atoms with Gasteiger partial charge in [-0.3, -0.25) is 0 Å². The number of rotatable bonds is 6. The lowest BCUT2D eigenvalue weighted by molar-refractivity contribution is 0.355. The summed E-state index contributed by atoms with van der Waals surface area (Å²) < 4.78 is 10.6. The third kappa shape index (κ3) is 3.71. The van der Waals surface area contributed by atoms with Crippen LogP contribution in [0.25, 0.3) is 11.3 Å². The van der Waals surface area contributed by atoms with Crippen molar-refractivity contribution in [2.24, 2.45) is 0 Å². The number of aromatic nitrogens is 1. The van der Waals surface area contributed by atoms with E-state index < -0.39 is 0 Å². The number of thiazole rings is 1. The fourth-order valence-corrected chi connectivity index (χ4v) is 3.26. The molecule has 0 bridgehead atoms. The van der Waals surface area contributed by atoms with Crippen LogP contribution in [0.3, 0.4) is 0 Å². The van der Waals surface area contributed by atoms with Crippen molar-refractivity contribution < 1.29 is 9.47 Å². The highest BCUT2D eigenvalue weighted by molar-refractivity contribution is 7.09. The molecule has 0 N–H and O–H groups in total. The maximum Gasteiger partial charge on any atom is 0.161 e. The predicted molar refractivity (Wildman–Crippen MR) is 94.5 cm³/mol. The zero-order valence-corrected chi connectivity index (χ0v) is 14.1. The van der Waals surface area contributed by atoms with Gasteiger partial charge in [-0.15, -0.1) is 11.3 Å². The number of hydrogen-bond donors (Lipinski definition) is 0. The summed E-state index contributed by atoms with van der Waals surface area (Å²) in [6, 6.07) is 16.4. The first-order valence-electron chi connectivity index (χ1n) is 7.51. The summed E-state index contributed by atoms with van der Waals surface area (Å²) in [4.78, 5) is 4.75. The van der Waals surface area contributed by atoms with Crippen LogP contribution in [-0.4, -0.2) is 19.2 Å². The Hall–Kier alpha value is -2.33. The van der Waals surface area contributed by atoms with Crippen LogP contribution in [0.15, 0.2) is 53.9 Å². The molecule has 0 fully saturated rings. The van der Waals surface area contributed by atoms with Gasteiger partial charge in [-0.25, -0.2) is 4.98 Å². The first kappa shape index (κ1) is 15.6. The smallest absolute Gasteiger partial charge is 0.161 e. The van der Waals surface area contributed by atoms with Gasteiger partial charge in [0, 0.05) is 17.4 Å². The predicted octanol–water partition coefficient (Wildman–Crippen LogP) is 4.61. The van der Waals surface area contributed by atoms with Crippen LogP contribution in [-0.2, 0) is 12.8 Å². The number of methoxy groups -OCH3 is 2. The Morgan fingerprint density at radius 2 is 1.70 bits per heavy atom. The van der Waals surface area contributed by atoms with Crippen LogP contribution in [0, 0.1) is 0 Å². The lowest BCUT2D eigenvalue weighted by atomic mass is 10.1.